The van der Waals surface area contributed by atoms with Crippen molar-refractivity contribution in [2.75, 3.05) is 19.6 Å². The molecule has 10 heteroatoms. The van der Waals surface area contributed by atoms with Crippen LogP contribution in [0.15, 0.2) is 0 Å². The van der Waals surface area contributed by atoms with Crippen LogP contribution in [0.2, 0.25) is 0 Å². The first-order valence-corrected chi connectivity index (χ1v) is 8.21. The van der Waals surface area contributed by atoms with Gasteiger partial charge in [-0.25, -0.2) is 4.79 Å². The van der Waals surface area contributed by atoms with Crippen LogP contribution in [0.4, 0.5) is 0 Å². The number of carboxylic acids is 1. The van der Waals surface area contributed by atoms with E-state index >= 15 is 0 Å². The number of unbranched alkanes of at least 4 members (excludes halogenated alkanes) is 1. The average Bonchev–Trinajstić information content (AvgIpc) is 2.54. The third-order valence-electron chi connectivity index (χ3n) is 3.42. The van der Waals surface area contributed by atoms with Gasteiger partial charge in [-0.15, -0.1) is 0 Å². The summed E-state index contributed by atoms with van der Waals surface area (Å²) in [5.41, 5.74) is 11.0. The van der Waals surface area contributed by atoms with Crippen LogP contribution in [0.3, 0.4) is 0 Å². The van der Waals surface area contributed by atoms with Gasteiger partial charge in [0.2, 0.25) is 17.7 Å². The first kappa shape index (κ1) is 22.8. The van der Waals surface area contributed by atoms with Gasteiger partial charge < -0.3 is 32.5 Å². The second-order valence-electron chi connectivity index (χ2n) is 6.01. The van der Waals surface area contributed by atoms with Crippen LogP contribution in [0.1, 0.15) is 33.1 Å². The second-order valence-corrected chi connectivity index (χ2v) is 6.01. The van der Waals surface area contributed by atoms with Crippen molar-refractivity contribution in [3.8, 4) is 0 Å². The lowest BCUT2D eigenvalue weighted by Crippen LogP contribution is -2.49. The number of nitrogens with two attached hydrogens (primary N) is 2. The van der Waals surface area contributed by atoms with Gasteiger partial charge in [-0.1, -0.05) is 20.3 Å². The van der Waals surface area contributed by atoms with Crippen molar-refractivity contribution in [2.24, 2.45) is 17.4 Å². The van der Waals surface area contributed by atoms with Gasteiger partial charge in [0.25, 0.3) is 0 Å². The Morgan fingerprint density at radius 2 is 1.60 bits per heavy atom. The monoisotopic (exact) mass is 359 g/mol. The van der Waals surface area contributed by atoms with Gasteiger partial charge in [0.05, 0.1) is 19.1 Å². The van der Waals surface area contributed by atoms with E-state index in [1.54, 1.807) is 13.8 Å². The molecule has 0 aliphatic carbocycles. The lowest BCUT2D eigenvalue weighted by molar-refractivity contribution is -0.143. The largest absolute Gasteiger partial charge is 0.480 e. The van der Waals surface area contributed by atoms with Gasteiger partial charge >= 0.3 is 5.97 Å². The number of carboxylic acid groups (broad SMARTS) is 1. The van der Waals surface area contributed by atoms with E-state index in [1.807, 2.05) is 0 Å². The molecule has 8 N–H and O–H groups in total. The summed E-state index contributed by atoms with van der Waals surface area (Å²) in [4.78, 5) is 45.9. The van der Waals surface area contributed by atoms with Crippen molar-refractivity contribution < 1.29 is 24.3 Å². The highest BCUT2D eigenvalue weighted by molar-refractivity contribution is 5.90. The molecule has 0 spiro atoms. The van der Waals surface area contributed by atoms with Crippen molar-refractivity contribution >= 4 is 23.7 Å². The predicted molar refractivity (Wildman–Crippen MR) is 91.3 cm³/mol. The summed E-state index contributed by atoms with van der Waals surface area (Å²) in [6.07, 6.45) is 1.96. The number of hydrogen-bond acceptors (Lipinski definition) is 6. The Morgan fingerprint density at radius 1 is 1.00 bits per heavy atom. The Morgan fingerprint density at radius 3 is 2.12 bits per heavy atom. The van der Waals surface area contributed by atoms with Crippen molar-refractivity contribution in [3.05, 3.63) is 0 Å². The molecule has 0 radical (unpaired) electrons. The van der Waals surface area contributed by atoms with Gasteiger partial charge in [-0.3, -0.25) is 14.4 Å². The van der Waals surface area contributed by atoms with Crippen LogP contribution < -0.4 is 27.4 Å². The fraction of sp³-hybridized carbons (Fsp3) is 0.733. The second kappa shape index (κ2) is 12.2. The van der Waals surface area contributed by atoms with Gasteiger partial charge in [0.1, 0.15) is 6.04 Å². The van der Waals surface area contributed by atoms with E-state index in [0.717, 1.165) is 12.8 Å². The van der Waals surface area contributed by atoms with Crippen LogP contribution >= 0.6 is 0 Å². The molecule has 2 unspecified atom stereocenters. The molecular formula is C15H29N5O5. The number of nitrogens with one attached hydrogen (secondary N) is 3. The minimum atomic E-state index is -1.15. The van der Waals surface area contributed by atoms with Crippen molar-refractivity contribution in [1.82, 2.24) is 16.0 Å². The molecule has 3 amide bonds. The van der Waals surface area contributed by atoms with Crippen molar-refractivity contribution in [3.63, 3.8) is 0 Å². The maximum atomic E-state index is 11.7. The molecule has 144 valence electrons. The van der Waals surface area contributed by atoms with E-state index < -0.39 is 35.8 Å². The average molecular weight is 359 g/mol. The Labute approximate surface area is 147 Å². The van der Waals surface area contributed by atoms with E-state index in [0.29, 0.717) is 13.0 Å². The lowest BCUT2D eigenvalue weighted by atomic mass is 10.1. The highest BCUT2D eigenvalue weighted by Gasteiger charge is 2.23. The zero-order valence-electron chi connectivity index (χ0n) is 14.7. The summed E-state index contributed by atoms with van der Waals surface area (Å²) in [5, 5.41) is 16.0. The summed E-state index contributed by atoms with van der Waals surface area (Å²) >= 11 is 0. The quantitative estimate of drug-likeness (QED) is 0.216. The molecule has 0 aliphatic rings. The van der Waals surface area contributed by atoms with Crippen LogP contribution in [0.5, 0.6) is 0 Å². The molecule has 0 rings (SSSR count). The zero-order chi connectivity index (χ0) is 19.4. The summed E-state index contributed by atoms with van der Waals surface area (Å²) < 4.78 is 0. The molecule has 0 aromatic rings. The third-order valence-corrected chi connectivity index (χ3v) is 3.42. The summed E-state index contributed by atoms with van der Waals surface area (Å²) in [5.74, 6) is -3.10. The van der Waals surface area contributed by atoms with Crippen LogP contribution in [0, 0.1) is 5.92 Å². The number of aliphatic carboxylic acids is 1. The minimum Gasteiger partial charge on any atom is -0.480 e. The molecule has 0 bridgehead atoms. The predicted octanol–water partition coefficient (Wildman–Crippen LogP) is -2.10. The summed E-state index contributed by atoms with van der Waals surface area (Å²) in [6.45, 7) is 3.14. The van der Waals surface area contributed by atoms with Crippen LogP contribution in [0.25, 0.3) is 0 Å². The molecule has 10 nitrogen and oxygen atoms in total. The van der Waals surface area contributed by atoms with Crippen LogP contribution in [-0.4, -0.2) is 60.5 Å². The molecular weight excluding hydrogens is 330 g/mol. The Balaban J connectivity index is 4.08. The van der Waals surface area contributed by atoms with Gasteiger partial charge in [-0.05, 0) is 25.3 Å². The van der Waals surface area contributed by atoms with E-state index in [2.05, 4.69) is 16.0 Å². The van der Waals surface area contributed by atoms with Crippen LogP contribution in [-0.2, 0) is 19.2 Å². The standard InChI is InChI=1S/C15H29N5O5/c1-9(2)13(15(24)25)20-12(22)8-18-11(21)7-19-14(23)10(17)5-3-4-6-16/h9-10,13H,3-8,16-17H2,1-2H3,(H,18,21)(H,19,23)(H,20,22)(H,24,25). The Bertz CT molecular complexity index is 469. The number of carbonyl (C=O) groups is 4. The molecule has 0 heterocycles. The van der Waals surface area contributed by atoms with E-state index in [4.69, 9.17) is 16.6 Å². The maximum absolute atomic E-state index is 11.7. The lowest BCUT2D eigenvalue weighted by Gasteiger charge is -2.18. The third kappa shape index (κ3) is 10.3. The van der Waals surface area contributed by atoms with Gasteiger partial charge in [-0.2, -0.15) is 0 Å². The number of rotatable bonds is 12. The maximum Gasteiger partial charge on any atom is 0.326 e. The highest BCUT2D eigenvalue weighted by atomic mass is 16.4. The van der Waals surface area contributed by atoms with Crippen molar-refractivity contribution in [2.45, 2.75) is 45.2 Å². The van der Waals surface area contributed by atoms with E-state index in [-0.39, 0.29) is 19.0 Å². The minimum absolute atomic E-state index is 0.294. The Kier molecular flexibility index (Phi) is 11.1. The molecule has 25 heavy (non-hydrogen) atoms. The number of hydrogen-bond donors (Lipinski definition) is 6. The molecule has 0 saturated carbocycles. The molecule has 0 aliphatic heterocycles. The molecule has 0 fully saturated rings. The molecule has 0 aromatic carbocycles. The molecule has 0 aromatic heterocycles. The fourth-order valence-electron chi connectivity index (χ4n) is 1.92. The van der Waals surface area contributed by atoms with Crippen molar-refractivity contribution in [1.29, 1.82) is 0 Å². The highest BCUT2D eigenvalue weighted by Crippen LogP contribution is 2.01. The molecule has 0 saturated heterocycles. The summed E-state index contributed by atoms with van der Waals surface area (Å²) in [7, 11) is 0. The normalized spacial score (nSPS) is 13.0. The van der Waals surface area contributed by atoms with E-state index in [9.17, 15) is 19.2 Å². The van der Waals surface area contributed by atoms with Gasteiger partial charge in [0, 0.05) is 0 Å². The SMILES string of the molecule is CC(C)C(NC(=O)CNC(=O)CNC(=O)C(N)CCCCN)C(=O)O. The zero-order valence-corrected chi connectivity index (χ0v) is 14.7. The first-order chi connectivity index (χ1) is 11.7. The topological polar surface area (TPSA) is 177 Å². The van der Waals surface area contributed by atoms with E-state index in [1.165, 1.54) is 0 Å². The fourth-order valence-corrected chi connectivity index (χ4v) is 1.92. The summed E-state index contributed by atoms with van der Waals surface area (Å²) in [6, 6.07) is -1.75. The van der Waals surface area contributed by atoms with Gasteiger partial charge in [0.15, 0.2) is 0 Å². The Hall–Kier alpha value is -2.20. The first-order valence-electron chi connectivity index (χ1n) is 8.21. The number of carbonyl (C=O) groups excluding carboxylic acids is 3. The molecule has 2 atom stereocenters. The smallest absolute Gasteiger partial charge is 0.326 e. The number of amides is 3.